The Morgan fingerprint density at radius 1 is 1.00 bits per heavy atom. The summed E-state index contributed by atoms with van der Waals surface area (Å²) in [6.07, 6.45) is -1.99. The summed E-state index contributed by atoms with van der Waals surface area (Å²) >= 11 is 0. The first kappa shape index (κ1) is 24.5. The van der Waals surface area contributed by atoms with Gasteiger partial charge in [0.1, 0.15) is 0 Å². The number of para-hydroxylation sites is 2. The SMILES string of the molecule is CC[C@H](C)n1c(C)c(C=Nn2c(-c3cccc(C(F)(F)F)c3)nc3ccccc3c2=O)c2ccccc21. The molecule has 0 saturated heterocycles. The van der Waals surface area contributed by atoms with Crippen LogP contribution in [0.15, 0.2) is 82.7 Å². The van der Waals surface area contributed by atoms with E-state index in [2.05, 4.69) is 28.5 Å². The van der Waals surface area contributed by atoms with E-state index in [-0.39, 0.29) is 17.4 Å². The molecule has 1 atom stereocenters. The van der Waals surface area contributed by atoms with Gasteiger partial charge in [-0.25, -0.2) is 4.98 Å². The topological polar surface area (TPSA) is 52.2 Å². The Hall–Kier alpha value is -4.20. The van der Waals surface area contributed by atoms with Gasteiger partial charge in [0.15, 0.2) is 5.82 Å². The lowest BCUT2D eigenvalue weighted by Crippen LogP contribution is -2.20. The molecule has 37 heavy (non-hydrogen) atoms. The van der Waals surface area contributed by atoms with Gasteiger partial charge >= 0.3 is 6.18 Å². The highest BCUT2D eigenvalue weighted by Gasteiger charge is 2.31. The van der Waals surface area contributed by atoms with Crippen LogP contribution in [0.2, 0.25) is 0 Å². The molecule has 5 nitrogen and oxygen atoms in total. The van der Waals surface area contributed by atoms with Crippen LogP contribution in [-0.2, 0) is 6.18 Å². The second kappa shape index (κ2) is 9.35. The van der Waals surface area contributed by atoms with Crippen LogP contribution in [-0.4, -0.2) is 20.4 Å². The average Bonchev–Trinajstić information content (AvgIpc) is 3.18. The molecule has 5 rings (SSSR count). The number of alkyl halides is 3. The highest BCUT2D eigenvalue weighted by Crippen LogP contribution is 2.32. The Morgan fingerprint density at radius 3 is 2.43 bits per heavy atom. The summed E-state index contributed by atoms with van der Waals surface area (Å²) in [5, 5.41) is 5.83. The van der Waals surface area contributed by atoms with Gasteiger partial charge in [-0.1, -0.05) is 49.4 Å². The Morgan fingerprint density at radius 2 is 1.70 bits per heavy atom. The van der Waals surface area contributed by atoms with Crippen LogP contribution in [0, 0.1) is 6.92 Å². The summed E-state index contributed by atoms with van der Waals surface area (Å²) < 4.78 is 43.7. The van der Waals surface area contributed by atoms with Crippen LogP contribution >= 0.6 is 0 Å². The Labute approximate surface area is 211 Å². The maximum Gasteiger partial charge on any atom is 0.416 e. The first-order valence-electron chi connectivity index (χ1n) is 12.0. The molecule has 0 bridgehead atoms. The molecule has 0 aliphatic rings. The van der Waals surface area contributed by atoms with Crippen LogP contribution in [0.3, 0.4) is 0 Å². The van der Waals surface area contributed by atoms with E-state index in [0.29, 0.717) is 10.9 Å². The van der Waals surface area contributed by atoms with E-state index in [1.807, 2.05) is 31.2 Å². The fourth-order valence-corrected chi connectivity index (χ4v) is 4.70. The van der Waals surface area contributed by atoms with Crippen molar-refractivity contribution in [2.45, 2.75) is 39.4 Å². The van der Waals surface area contributed by atoms with Gasteiger partial charge in [-0.3, -0.25) is 4.79 Å². The second-order valence-corrected chi connectivity index (χ2v) is 9.04. The molecule has 0 unspecified atom stereocenters. The molecule has 0 N–H and O–H groups in total. The highest BCUT2D eigenvalue weighted by atomic mass is 19.4. The lowest BCUT2D eigenvalue weighted by molar-refractivity contribution is -0.137. The zero-order valence-corrected chi connectivity index (χ0v) is 20.6. The first-order chi connectivity index (χ1) is 17.7. The fraction of sp³-hybridized carbons (Fsp3) is 0.207. The molecular weight excluding hydrogens is 477 g/mol. The second-order valence-electron chi connectivity index (χ2n) is 9.04. The molecule has 0 radical (unpaired) electrons. The molecule has 3 aromatic carbocycles. The van der Waals surface area contributed by atoms with Crippen molar-refractivity contribution in [2.75, 3.05) is 0 Å². The molecule has 0 aliphatic carbocycles. The number of rotatable bonds is 5. The Balaban J connectivity index is 1.75. The maximum absolute atomic E-state index is 13.5. The number of benzene rings is 3. The van der Waals surface area contributed by atoms with Crippen LogP contribution < -0.4 is 5.56 Å². The molecule has 2 aromatic heterocycles. The zero-order valence-electron chi connectivity index (χ0n) is 20.6. The van der Waals surface area contributed by atoms with Gasteiger partial charge < -0.3 is 4.57 Å². The molecule has 0 aliphatic heterocycles. The number of nitrogens with zero attached hydrogens (tertiary/aromatic N) is 4. The standard InChI is InChI=1S/C29H25F3N4O/c1-4-18(2)35-19(3)24(22-12-6-8-15-26(22)35)17-33-36-27(20-10-9-11-21(16-20)29(30,31)32)34-25-14-7-5-13-23(25)28(36)37/h5-18H,4H2,1-3H3/t18-/m0/s1. The van der Waals surface area contributed by atoms with Gasteiger partial charge in [-0.15, -0.1) is 0 Å². The van der Waals surface area contributed by atoms with Crippen molar-refractivity contribution < 1.29 is 13.2 Å². The molecule has 0 saturated carbocycles. The van der Waals surface area contributed by atoms with Crippen LogP contribution in [0.4, 0.5) is 13.2 Å². The van der Waals surface area contributed by atoms with Gasteiger partial charge in [0.25, 0.3) is 5.56 Å². The molecule has 0 amide bonds. The van der Waals surface area contributed by atoms with E-state index < -0.39 is 17.3 Å². The zero-order chi connectivity index (χ0) is 26.3. The minimum Gasteiger partial charge on any atom is -0.341 e. The fourth-order valence-electron chi connectivity index (χ4n) is 4.70. The van der Waals surface area contributed by atoms with Crippen molar-refractivity contribution in [1.82, 2.24) is 14.2 Å². The number of hydrogen-bond donors (Lipinski definition) is 0. The van der Waals surface area contributed by atoms with Gasteiger partial charge in [-0.05, 0) is 50.6 Å². The summed E-state index contributed by atoms with van der Waals surface area (Å²) in [5.74, 6) is 0.0365. The number of aromatic nitrogens is 3. The Bertz CT molecular complexity index is 1710. The molecule has 0 fully saturated rings. The van der Waals surface area contributed by atoms with Crippen molar-refractivity contribution in [3.63, 3.8) is 0 Å². The van der Waals surface area contributed by atoms with Crippen LogP contribution in [0.1, 0.15) is 43.1 Å². The quantitative estimate of drug-likeness (QED) is 0.239. The van der Waals surface area contributed by atoms with Gasteiger partial charge in [0.05, 0.1) is 22.7 Å². The first-order valence-corrected chi connectivity index (χ1v) is 12.0. The number of halogens is 3. The Kier molecular flexibility index (Phi) is 6.19. The third-order valence-electron chi connectivity index (χ3n) is 6.74. The van der Waals surface area contributed by atoms with E-state index in [1.165, 1.54) is 12.1 Å². The van der Waals surface area contributed by atoms with Crippen molar-refractivity contribution in [2.24, 2.45) is 5.10 Å². The van der Waals surface area contributed by atoms with Crippen molar-refractivity contribution in [1.29, 1.82) is 0 Å². The largest absolute Gasteiger partial charge is 0.416 e. The number of fused-ring (bicyclic) bond motifs is 2. The third-order valence-corrected chi connectivity index (χ3v) is 6.74. The van der Waals surface area contributed by atoms with Gasteiger partial charge in [0.2, 0.25) is 0 Å². The minimum atomic E-state index is -4.53. The summed E-state index contributed by atoms with van der Waals surface area (Å²) in [7, 11) is 0. The molecule has 0 spiro atoms. The monoisotopic (exact) mass is 502 g/mol. The van der Waals surface area contributed by atoms with E-state index in [0.717, 1.165) is 45.4 Å². The molecule has 5 aromatic rings. The van der Waals surface area contributed by atoms with Crippen molar-refractivity contribution in [3.8, 4) is 11.4 Å². The van der Waals surface area contributed by atoms with Gasteiger partial charge in [-0.2, -0.15) is 22.9 Å². The maximum atomic E-state index is 13.5. The van der Waals surface area contributed by atoms with E-state index in [4.69, 9.17) is 0 Å². The minimum absolute atomic E-state index is 0.0365. The van der Waals surface area contributed by atoms with Crippen LogP contribution in [0.25, 0.3) is 33.2 Å². The predicted octanol–water partition coefficient (Wildman–Crippen LogP) is 7.20. The van der Waals surface area contributed by atoms with Gasteiger partial charge in [0, 0.05) is 33.8 Å². The van der Waals surface area contributed by atoms with E-state index >= 15 is 0 Å². The van der Waals surface area contributed by atoms with Crippen molar-refractivity contribution >= 4 is 28.0 Å². The summed E-state index contributed by atoms with van der Waals surface area (Å²) in [5.41, 5.74) is 2.13. The smallest absolute Gasteiger partial charge is 0.341 e. The normalized spacial score (nSPS) is 13.1. The summed E-state index contributed by atoms with van der Waals surface area (Å²) in [6, 6.07) is 19.7. The molecule has 8 heteroatoms. The number of hydrogen-bond acceptors (Lipinski definition) is 3. The summed E-state index contributed by atoms with van der Waals surface area (Å²) in [4.78, 5) is 18.1. The van der Waals surface area contributed by atoms with E-state index in [1.54, 1.807) is 30.5 Å². The van der Waals surface area contributed by atoms with Crippen LogP contribution in [0.5, 0.6) is 0 Å². The predicted molar refractivity (Wildman–Crippen MR) is 141 cm³/mol. The molecular formula is C29H25F3N4O. The lowest BCUT2D eigenvalue weighted by Gasteiger charge is -2.15. The third kappa shape index (κ3) is 4.33. The average molecular weight is 503 g/mol. The molecule has 2 heterocycles. The van der Waals surface area contributed by atoms with Crippen molar-refractivity contribution in [3.05, 3.63) is 100.0 Å². The lowest BCUT2D eigenvalue weighted by atomic mass is 10.1. The highest BCUT2D eigenvalue weighted by molar-refractivity contribution is 6.01. The summed E-state index contributed by atoms with van der Waals surface area (Å²) in [6.45, 7) is 6.26. The molecule has 188 valence electrons. The van der Waals surface area contributed by atoms with E-state index in [9.17, 15) is 18.0 Å².